The maximum atomic E-state index is 13.5. The molecule has 0 saturated heterocycles. The lowest BCUT2D eigenvalue weighted by atomic mass is 10.1. The Morgan fingerprint density at radius 2 is 1.67 bits per heavy atom. The Bertz CT molecular complexity index is 1810. The summed E-state index contributed by atoms with van der Waals surface area (Å²) in [5.41, 5.74) is 1.30. The van der Waals surface area contributed by atoms with Crippen LogP contribution in [0.4, 0.5) is 5.69 Å². The molecule has 8 nitrogen and oxygen atoms in total. The number of nitrogens with one attached hydrogen (secondary N) is 1. The van der Waals surface area contributed by atoms with Crippen molar-refractivity contribution < 1.29 is 17.9 Å². The van der Waals surface area contributed by atoms with E-state index in [2.05, 4.69) is 9.71 Å². The van der Waals surface area contributed by atoms with Gasteiger partial charge in [0, 0.05) is 31.0 Å². The van der Waals surface area contributed by atoms with Gasteiger partial charge >= 0.3 is 0 Å². The average molecular weight is 622 g/mol. The van der Waals surface area contributed by atoms with Crippen LogP contribution in [-0.4, -0.2) is 35.8 Å². The molecule has 0 aliphatic rings. The summed E-state index contributed by atoms with van der Waals surface area (Å²) in [6.45, 7) is 0.799. The maximum Gasteiger partial charge on any atom is 0.261 e. The van der Waals surface area contributed by atoms with Gasteiger partial charge in [0.15, 0.2) is 0 Å². The number of aromatic nitrogens is 2. The summed E-state index contributed by atoms with van der Waals surface area (Å²) in [6.07, 6.45) is 3.53. The minimum absolute atomic E-state index is 0.0151. The van der Waals surface area contributed by atoms with Gasteiger partial charge in [-0.15, -0.1) is 0 Å². The molecule has 0 saturated carbocycles. The molecular weight excluding hydrogens is 595 g/mol. The monoisotopic (exact) mass is 620 g/mol. The van der Waals surface area contributed by atoms with Gasteiger partial charge in [-0.2, -0.15) is 0 Å². The molecule has 0 bridgehead atoms. The topological polar surface area (TPSA) is 93.5 Å². The maximum absolute atomic E-state index is 13.5. The van der Waals surface area contributed by atoms with Crippen LogP contribution in [0, 0.1) is 0 Å². The Morgan fingerprint density at radius 1 is 0.952 bits per heavy atom. The van der Waals surface area contributed by atoms with Crippen LogP contribution >= 0.6 is 23.2 Å². The first-order chi connectivity index (χ1) is 20.2. The second-order valence-electron chi connectivity index (χ2n) is 9.42. The number of hydrogen-bond donors (Lipinski definition) is 1. The fraction of sp³-hybridized carbons (Fsp3) is 0.0968. The van der Waals surface area contributed by atoms with E-state index in [9.17, 15) is 13.2 Å². The van der Waals surface area contributed by atoms with Crippen LogP contribution in [0.25, 0.3) is 0 Å². The third-order valence-electron chi connectivity index (χ3n) is 6.38. The second-order valence-corrected chi connectivity index (χ2v) is 11.9. The number of carbonyl (C=O) groups excluding carboxylic acids is 1. The van der Waals surface area contributed by atoms with E-state index in [1.807, 2.05) is 41.1 Å². The van der Waals surface area contributed by atoms with Gasteiger partial charge in [-0.3, -0.25) is 9.52 Å². The van der Waals surface area contributed by atoms with E-state index >= 15 is 0 Å². The molecule has 0 aliphatic carbocycles. The van der Waals surface area contributed by atoms with Crippen LogP contribution < -0.4 is 9.46 Å². The largest absolute Gasteiger partial charge is 0.456 e. The Balaban J connectivity index is 1.32. The van der Waals surface area contributed by atoms with Crippen LogP contribution in [0.15, 0.2) is 114 Å². The molecule has 0 fully saturated rings. The van der Waals surface area contributed by atoms with Crippen molar-refractivity contribution >= 4 is 44.8 Å². The third-order valence-corrected chi connectivity index (χ3v) is 8.31. The number of rotatable bonds is 10. The predicted octanol–water partition coefficient (Wildman–Crippen LogP) is 7.10. The average Bonchev–Trinajstić information content (AvgIpc) is 3.41. The van der Waals surface area contributed by atoms with E-state index < -0.39 is 15.9 Å². The minimum atomic E-state index is -4.06. The van der Waals surface area contributed by atoms with Gasteiger partial charge in [0.1, 0.15) is 17.3 Å². The van der Waals surface area contributed by atoms with Crippen molar-refractivity contribution in [3.63, 3.8) is 0 Å². The van der Waals surface area contributed by atoms with Crippen molar-refractivity contribution in [1.29, 1.82) is 0 Å². The first kappa shape index (κ1) is 29.2. The number of hydrogen-bond acceptors (Lipinski definition) is 5. The molecule has 1 amide bonds. The highest BCUT2D eigenvalue weighted by molar-refractivity contribution is 7.92. The number of para-hydroxylation sites is 1. The lowest BCUT2D eigenvalue weighted by Crippen LogP contribution is -2.29. The smallest absolute Gasteiger partial charge is 0.261 e. The third kappa shape index (κ3) is 6.94. The molecule has 0 atom stereocenters. The fourth-order valence-electron chi connectivity index (χ4n) is 4.23. The van der Waals surface area contributed by atoms with E-state index in [4.69, 9.17) is 27.9 Å². The Kier molecular flexibility index (Phi) is 8.82. The zero-order valence-corrected chi connectivity index (χ0v) is 24.8. The van der Waals surface area contributed by atoms with E-state index in [1.165, 1.54) is 47.4 Å². The van der Waals surface area contributed by atoms with Crippen molar-refractivity contribution in [2.24, 2.45) is 0 Å². The summed E-state index contributed by atoms with van der Waals surface area (Å²) in [5.74, 6) is 1.12. The molecule has 0 spiro atoms. The molecule has 214 valence electrons. The normalized spacial score (nSPS) is 11.2. The van der Waals surface area contributed by atoms with Crippen molar-refractivity contribution in [2.45, 2.75) is 18.0 Å². The lowest BCUT2D eigenvalue weighted by Gasteiger charge is -2.20. The zero-order chi connectivity index (χ0) is 29.7. The highest BCUT2D eigenvalue weighted by Gasteiger charge is 2.22. The van der Waals surface area contributed by atoms with Crippen molar-refractivity contribution in [3.05, 3.63) is 136 Å². The minimum Gasteiger partial charge on any atom is -0.456 e. The van der Waals surface area contributed by atoms with Crippen LogP contribution in [0.3, 0.4) is 0 Å². The van der Waals surface area contributed by atoms with E-state index in [1.54, 1.807) is 37.5 Å². The molecule has 0 radical (unpaired) electrons. The molecule has 1 aromatic heterocycles. The molecule has 0 aliphatic heterocycles. The standard InChI is InChI=1S/C31H26Cl2N4O4S/c1-36(21-30-34-17-18-37(30)20-22-7-3-2-4-8-22)31(38)26-19-23(32)11-16-28(26)35-42(39,40)25-14-12-24(13-15-25)41-29-10-6-5-9-27(29)33/h2-19,35H,20-21H2,1H3. The summed E-state index contributed by atoms with van der Waals surface area (Å²) in [7, 11) is -2.43. The van der Waals surface area contributed by atoms with Gasteiger partial charge in [0.2, 0.25) is 0 Å². The number of amides is 1. The molecule has 11 heteroatoms. The highest BCUT2D eigenvalue weighted by atomic mass is 35.5. The van der Waals surface area contributed by atoms with Gasteiger partial charge in [0.25, 0.3) is 15.9 Å². The highest BCUT2D eigenvalue weighted by Crippen LogP contribution is 2.30. The molecule has 5 aromatic rings. The molecule has 0 unspecified atom stereocenters. The molecule has 1 heterocycles. The lowest BCUT2D eigenvalue weighted by molar-refractivity contribution is 0.0781. The van der Waals surface area contributed by atoms with E-state index in [0.717, 1.165) is 5.56 Å². The summed E-state index contributed by atoms with van der Waals surface area (Å²) >= 11 is 12.4. The number of imidazole rings is 1. The number of halogens is 2. The summed E-state index contributed by atoms with van der Waals surface area (Å²) < 4.78 is 36.8. The number of benzene rings is 4. The van der Waals surface area contributed by atoms with Gasteiger partial charge in [0.05, 0.1) is 27.7 Å². The van der Waals surface area contributed by atoms with Crippen LogP contribution in [0.2, 0.25) is 10.0 Å². The quantitative estimate of drug-likeness (QED) is 0.180. The summed E-state index contributed by atoms with van der Waals surface area (Å²) in [6, 6.07) is 27.2. The summed E-state index contributed by atoms with van der Waals surface area (Å²) in [5, 5.41) is 0.724. The molecule has 42 heavy (non-hydrogen) atoms. The first-order valence-corrected chi connectivity index (χ1v) is 15.1. The molecular formula is C31H26Cl2N4O4S. The van der Waals surface area contributed by atoms with E-state index in [-0.39, 0.29) is 22.7 Å². The molecule has 4 aromatic carbocycles. The van der Waals surface area contributed by atoms with Crippen LogP contribution in [-0.2, 0) is 23.1 Å². The first-order valence-electron chi connectivity index (χ1n) is 12.8. The van der Waals surface area contributed by atoms with Crippen molar-refractivity contribution in [2.75, 3.05) is 11.8 Å². The number of ether oxygens (including phenoxy) is 1. The molecule has 1 N–H and O–H groups in total. The van der Waals surface area contributed by atoms with E-state index in [0.29, 0.717) is 33.9 Å². The number of anilines is 1. The van der Waals surface area contributed by atoms with Crippen LogP contribution in [0.5, 0.6) is 11.5 Å². The molecule has 5 rings (SSSR count). The summed E-state index contributed by atoms with van der Waals surface area (Å²) in [4.78, 5) is 19.4. The predicted molar refractivity (Wildman–Crippen MR) is 164 cm³/mol. The van der Waals surface area contributed by atoms with Gasteiger partial charge in [-0.25, -0.2) is 13.4 Å². The van der Waals surface area contributed by atoms with Gasteiger partial charge in [-0.05, 0) is 60.2 Å². The Labute approximate surface area is 254 Å². The second kappa shape index (κ2) is 12.7. The number of carbonyl (C=O) groups is 1. The SMILES string of the molecule is CN(Cc1nccn1Cc1ccccc1)C(=O)c1cc(Cl)ccc1NS(=O)(=O)c1ccc(Oc2ccccc2Cl)cc1. The number of nitrogens with zero attached hydrogens (tertiary/aromatic N) is 3. The zero-order valence-electron chi connectivity index (χ0n) is 22.4. The Hall–Kier alpha value is -4.31. The van der Waals surface area contributed by atoms with Gasteiger partial charge in [-0.1, -0.05) is 65.7 Å². The van der Waals surface area contributed by atoms with Gasteiger partial charge < -0.3 is 14.2 Å². The fourth-order valence-corrected chi connectivity index (χ4v) is 5.66. The number of sulfonamides is 1. The Morgan fingerprint density at radius 3 is 2.40 bits per heavy atom. The van der Waals surface area contributed by atoms with Crippen LogP contribution in [0.1, 0.15) is 21.7 Å². The van der Waals surface area contributed by atoms with Crippen molar-refractivity contribution in [1.82, 2.24) is 14.5 Å². The van der Waals surface area contributed by atoms with Crippen molar-refractivity contribution in [3.8, 4) is 11.5 Å².